The molecule has 1 aliphatic rings. The van der Waals surface area contributed by atoms with Crippen LogP contribution < -0.4 is 0 Å². The first kappa shape index (κ1) is 16.6. The van der Waals surface area contributed by atoms with Crippen LogP contribution >= 0.6 is 0 Å². The summed E-state index contributed by atoms with van der Waals surface area (Å²) in [6, 6.07) is 10.5. The summed E-state index contributed by atoms with van der Waals surface area (Å²) < 4.78 is 7.39. The molecule has 1 aliphatic heterocycles. The highest BCUT2D eigenvalue weighted by Gasteiger charge is 2.28. The van der Waals surface area contributed by atoms with Gasteiger partial charge in [-0.15, -0.1) is 0 Å². The zero-order valence-electron chi connectivity index (χ0n) is 15.1. The Morgan fingerprint density at radius 3 is 2.58 bits per heavy atom. The molecule has 1 aromatic carbocycles. The number of hydrogen-bond donors (Lipinski definition) is 0. The van der Waals surface area contributed by atoms with Crippen molar-refractivity contribution in [2.45, 2.75) is 25.7 Å². The smallest absolute Gasteiger partial charge is 0.276 e. The number of likely N-dealkylation sites (tertiary alicyclic amines) is 1. The molecule has 0 spiro atoms. The second-order valence-electron chi connectivity index (χ2n) is 6.80. The summed E-state index contributed by atoms with van der Waals surface area (Å²) in [6.07, 6.45) is 5.46. The van der Waals surface area contributed by atoms with Crippen LogP contribution in [0, 0.1) is 6.92 Å². The molecular formula is C20H22N4O2. The van der Waals surface area contributed by atoms with Gasteiger partial charge in [0.05, 0.1) is 11.8 Å². The fourth-order valence-corrected chi connectivity index (χ4v) is 3.54. The Labute approximate surface area is 152 Å². The lowest BCUT2D eigenvalue weighted by Crippen LogP contribution is -2.38. The molecule has 6 heteroatoms. The molecule has 26 heavy (non-hydrogen) atoms. The molecule has 4 rings (SSSR count). The zero-order chi connectivity index (χ0) is 18.1. The van der Waals surface area contributed by atoms with Crippen molar-refractivity contribution in [2.75, 3.05) is 13.1 Å². The van der Waals surface area contributed by atoms with Gasteiger partial charge in [-0.2, -0.15) is 5.10 Å². The Morgan fingerprint density at radius 1 is 1.19 bits per heavy atom. The summed E-state index contributed by atoms with van der Waals surface area (Å²) in [7, 11) is 1.84. The standard InChI is InChI=1S/C20H22N4O2/c1-14-18(22-19(26-14)17-12-21-23(2)13-17)20(25)24-10-8-16(9-11-24)15-6-4-3-5-7-15/h3-7,12-13,16H,8-11H2,1-2H3. The Balaban J connectivity index is 1.46. The van der Waals surface area contributed by atoms with E-state index in [-0.39, 0.29) is 5.91 Å². The maximum absolute atomic E-state index is 12.9. The molecule has 0 atom stereocenters. The van der Waals surface area contributed by atoms with Gasteiger partial charge in [0.1, 0.15) is 5.76 Å². The second-order valence-corrected chi connectivity index (χ2v) is 6.80. The van der Waals surface area contributed by atoms with Gasteiger partial charge in [0, 0.05) is 26.3 Å². The highest BCUT2D eigenvalue weighted by molar-refractivity contribution is 5.93. The molecule has 0 bridgehead atoms. The van der Waals surface area contributed by atoms with Crippen LogP contribution in [0.4, 0.5) is 0 Å². The van der Waals surface area contributed by atoms with Gasteiger partial charge in [-0.05, 0) is 31.2 Å². The third-order valence-corrected chi connectivity index (χ3v) is 5.00. The molecular weight excluding hydrogens is 328 g/mol. The lowest BCUT2D eigenvalue weighted by atomic mass is 9.89. The van der Waals surface area contributed by atoms with E-state index >= 15 is 0 Å². The molecule has 3 heterocycles. The first-order valence-electron chi connectivity index (χ1n) is 8.92. The van der Waals surface area contributed by atoms with E-state index in [9.17, 15) is 4.79 Å². The molecule has 0 unspecified atom stereocenters. The van der Waals surface area contributed by atoms with Crippen LogP contribution in [-0.4, -0.2) is 38.7 Å². The van der Waals surface area contributed by atoms with E-state index in [0.717, 1.165) is 31.5 Å². The Hall–Kier alpha value is -2.89. The summed E-state index contributed by atoms with van der Waals surface area (Å²) >= 11 is 0. The molecule has 1 amide bonds. The molecule has 0 aliphatic carbocycles. The minimum atomic E-state index is -0.0482. The van der Waals surface area contributed by atoms with E-state index in [2.05, 4.69) is 34.3 Å². The van der Waals surface area contributed by atoms with Crippen molar-refractivity contribution in [1.29, 1.82) is 0 Å². The van der Waals surface area contributed by atoms with Crippen LogP contribution in [-0.2, 0) is 7.05 Å². The quantitative estimate of drug-likeness (QED) is 0.726. The van der Waals surface area contributed by atoms with Crippen molar-refractivity contribution < 1.29 is 9.21 Å². The normalized spacial score (nSPS) is 15.4. The average Bonchev–Trinajstić information content (AvgIpc) is 3.28. The monoisotopic (exact) mass is 350 g/mol. The third-order valence-electron chi connectivity index (χ3n) is 5.00. The van der Waals surface area contributed by atoms with Crippen LogP contribution in [0.1, 0.15) is 40.6 Å². The van der Waals surface area contributed by atoms with Crippen molar-refractivity contribution in [3.63, 3.8) is 0 Å². The first-order chi connectivity index (χ1) is 12.6. The van der Waals surface area contributed by atoms with Crippen LogP contribution in [0.5, 0.6) is 0 Å². The number of carbonyl (C=O) groups is 1. The number of amides is 1. The minimum Gasteiger partial charge on any atom is -0.440 e. The Kier molecular flexibility index (Phi) is 4.32. The minimum absolute atomic E-state index is 0.0482. The molecule has 134 valence electrons. The summed E-state index contributed by atoms with van der Waals surface area (Å²) in [5, 5.41) is 4.13. The molecule has 3 aromatic rings. The van der Waals surface area contributed by atoms with E-state index in [4.69, 9.17) is 4.42 Å². The molecule has 0 N–H and O–H groups in total. The number of aryl methyl sites for hydroxylation is 2. The average molecular weight is 350 g/mol. The van der Waals surface area contributed by atoms with Crippen molar-refractivity contribution in [3.05, 3.63) is 59.7 Å². The second kappa shape index (κ2) is 6.78. The highest BCUT2D eigenvalue weighted by atomic mass is 16.4. The summed E-state index contributed by atoms with van der Waals surface area (Å²) in [4.78, 5) is 19.2. The number of rotatable bonds is 3. The molecule has 0 radical (unpaired) electrons. The maximum Gasteiger partial charge on any atom is 0.276 e. The van der Waals surface area contributed by atoms with Crippen molar-refractivity contribution in [1.82, 2.24) is 19.7 Å². The SMILES string of the molecule is Cc1oc(-c2cnn(C)c2)nc1C(=O)N1CCC(c2ccccc2)CC1. The van der Waals surface area contributed by atoms with Gasteiger partial charge in [0.15, 0.2) is 5.69 Å². The van der Waals surface area contributed by atoms with Gasteiger partial charge in [-0.25, -0.2) is 4.98 Å². The summed E-state index contributed by atoms with van der Waals surface area (Å²) in [5.41, 5.74) is 2.54. The first-order valence-corrected chi connectivity index (χ1v) is 8.92. The zero-order valence-corrected chi connectivity index (χ0v) is 15.1. The van der Waals surface area contributed by atoms with Gasteiger partial charge in [0.2, 0.25) is 5.89 Å². The predicted molar refractivity (Wildman–Crippen MR) is 97.8 cm³/mol. The number of carbonyl (C=O) groups excluding carboxylic acids is 1. The third kappa shape index (κ3) is 3.14. The number of benzene rings is 1. The largest absolute Gasteiger partial charge is 0.440 e. The van der Waals surface area contributed by atoms with Gasteiger partial charge in [-0.1, -0.05) is 30.3 Å². The van der Waals surface area contributed by atoms with Gasteiger partial charge in [0.25, 0.3) is 5.91 Å². The fourth-order valence-electron chi connectivity index (χ4n) is 3.54. The van der Waals surface area contributed by atoms with E-state index < -0.39 is 0 Å². The van der Waals surface area contributed by atoms with E-state index in [0.29, 0.717) is 23.3 Å². The highest BCUT2D eigenvalue weighted by Crippen LogP contribution is 2.29. The van der Waals surface area contributed by atoms with E-state index in [1.807, 2.05) is 24.2 Å². The van der Waals surface area contributed by atoms with E-state index in [1.54, 1.807) is 17.8 Å². The van der Waals surface area contributed by atoms with Gasteiger partial charge < -0.3 is 9.32 Å². The molecule has 1 saturated heterocycles. The summed E-state index contributed by atoms with van der Waals surface area (Å²) in [6.45, 7) is 3.27. The molecule has 1 fully saturated rings. The predicted octanol–water partition coefficient (Wildman–Crippen LogP) is 3.40. The van der Waals surface area contributed by atoms with Crippen molar-refractivity contribution in [3.8, 4) is 11.5 Å². The van der Waals surface area contributed by atoms with E-state index in [1.165, 1.54) is 5.56 Å². The van der Waals surface area contributed by atoms with Crippen LogP contribution in [0.25, 0.3) is 11.5 Å². The van der Waals surface area contributed by atoms with Crippen LogP contribution in [0.2, 0.25) is 0 Å². The number of nitrogens with zero attached hydrogens (tertiary/aromatic N) is 4. The Bertz CT molecular complexity index is 905. The van der Waals surface area contributed by atoms with Gasteiger partial charge >= 0.3 is 0 Å². The summed E-state index contributed by atoms with van der Waals surface area (Å²) in [5.74, 6) is 1.47. The molecule has 2 aromatic heterocycles. The lowest BCUT2D eigenvalue weighted by Gasteiger charge is -2.31. The lowest BCUT2D eigenvalue weighted by molar-refractivity contribution is 0.0706. The van der Waals surface area contributed by atoms with Crippen molar-refractivity contribution in [2.24, 2.45) is 7.05 Å². The number of hydrogen-bond acceptors (Lipinski definition) is 4. The van der Waals surface area contributed by atoms with Crippen LogP contribution in [0.3, 0.4) is 0 Å². The van der Waals surface area contributed by atoms with Crippen LogP contribution in [0.15, 0.2) is 47.1 Å². The maximum atomic E-state index is 12.9. The molecule has 6 nitrogen and oxygen atoms in total. The molecule has 0 saturated carbocycles. The number of oxazole rings is 1. The van der Waals surface area contributed by atoms with Gasteiger partial charge in [-0.3, -0.25) is 9.48 Å². The number of piperidine rings is 1. The van der Waals surface area contributed by atoms with Crippen molar-refractivity contribution >= 4 is 5.91 Å². The number of aromatic nitrogens is 3. The Morgan fingerprint density at radius 2 is 1.92 bits per heavy atom. The topological polar surface area (TPSA) is 64.2 Å². The fraction of sp³-hybridized carbons (Fsp3) is 0.350.